The van der Waals surface area contributed by atoms with Gasteiger partial charge in [-0.15, -0.1) is 0 Å². The number of benzene rings is 1. The summed E-state index contributed by atoms with van der Waals surface area (Å²) in [4.78, 5) is 0. The molecule has 0 bridgehead atoms. The molecular weight excluding hydrogens is 251 g/mol. The summed E-state index contributed by atoms with van der Waals surface area (Å²) in [6.07, 6.45) is 5.74. The SMILES string of the molecule is CCC1C=Cc2ccccc21.[Cl][Ti][Cl]. The van der Waals surface area contributed by atoms with E-state index in [4.69, 9.17) is 18.6 Å². The van der Waals surface area contributed by atoms with Crippen LogP contribution in [0.15, 0.2) is 30.3 Å². The second-order valence-corrected chi connectivity index (χ2v) is 5.65. The Balaban J connectivity index is 0.000000293. The maximum absolute atomic E-state index is 4.89. The molecule has 0 aromatic heterocycles. The quantitative estimate of drug-likeness (QED) is 0.650. The Kier molecular flexibility index (Phi) is 5.89. The third kappa shape index (κ3) is 3.13. The minimum atomic E-state index is -0.556. The number of halogens is 2. The molecule has 0 fully saturated rings. The van der Waals surface area contributed by atoms with Gasteiger partial charge < -0.3 is 0 Å². The molecule has 0 radical (unpaired) electrons. The van der Waals surface area contributed by atoms with Crippen LogP contribution >= 0.6 is 18.6 Å². The normalized spacial score (nSPS) is 16.9. The first-order valence-electron chi connectivity index (χ1n) is 4.56. The first-order chi connectivity index (χ1) is 6.83. The van der Waals surface area contributed by atoms with Gasteiger partial charge in [0.25, 0.3) is 0 Å². The van der Waals surface area contributed by atoms with Gasteiger partial charge in [0.1, 0.15) is 0 Å². The second-order valence-electron chi connectivity index (χ2n) is 3.07. The van der Waals surface area contributed by atoms with E-state index in [-0.39, 0.29) is 0 Å². The van der Waals surface area contributed by atoms with Crippen LogP contribution in [0.2, 0.25) is 0 Å². The summed E-state index contributed by atoms with van der Waals surface area (Å²) in [7, 11) is 9.78. The summed E-state index contributed by atoms with van der Waals surface area (Å²) in [5.41, 5.74) is 2.90. The fourth-order valence-corrected chi connectivity index (χ4v) is 1.68. The van der Waals surface area contributed by atoms with E-state index in [1.54, 1.807) is 0 Å². The van der Waals surface area contributed by atoms with Crippen molar-refractivity contribution in [3.63, 3.8) is 0 Å². The van der Waals surface area contributed by atoms with Crippen LogP contribution in [0, 0.1) is 0 Å². The molecule has 3 heteroatoms. The van der Waals surface area contributed by atoms with E-state index >= 15 is 0 Å². The van der Waals surface area contributed by atoms with Crippen molar-refractivity contribution in [1.29, 1.82) is 0 Å². The zero-order chi connectivity index (χ0) is 10.4. The first kappa shape index (κ1) is 12.3. The van der Waals surface area contributed by atoms with Gasteiger partial charge in [-0.3, -0.25) is 0 Å². The third-order valence-electron chi connectivity index (χ3n) is 2.34. The van der Waals surface area contributed by atoms with Crippen LogP contribution in [0.1, 0.15) is 30.4 Å². The zero-order valence-electron chi connectivity index (χ0n) is 8.00. The van der Waals surface area contributed by atoms with Gasteiger partial charge in [-0.05, 0) is 17.5 Å². The Morgan fingerprint density at radius 3 is 2.57 bits per heavy atom. The molecule has 1 aliphatic rings. The van der Waals surface area contributed by atoms with Gasteiger partial charge in [-0.1, -0.05) is 43.3 Å². The van der Waals surface area contributed by atoms with Crippen LogP contribution < -0.4 is 0 Å². The van der Waals surface area contributed by atoms with Gasteiger partial charge in [0.05, 0.1) is 0 Å². The van der Waals surface area contributed by atoms with Crippen molar-refractivity contribution < 1.29 is 17.0 Å². The van der Waals surface area contributed by atoms with Crippen LogP contribution in [-0.4, -0.2) is 0 Å². The van der Waals surface area contributed by atoms with E-state index in [9.17, 15) is 0 Å². The number of fused-ring (bicyclic) bond motifs is 1. The van der Waals surface area contributed by atoms with Crippen LogP contribution in [-0.2, 0) is 17.0 Å². The Morgan fingerprint density at radius 2 is 1.93 bits per heavy atom. The molecule has 0 saturated heterocycles. The molecular formula is C11H12Cl2Ti. The predicted octanol–water partition coefficient (Wildman–Crippen LogP) is 4.58. The molecule has 1 unspecified atom stereocenters. The predicted molar refractivity (Wildman–Crippen MR) is 60.2 cm³/mol. The van der Waals surface area contributed by atoms with Crippen molar-refractivity contribution in [2.45, 2.75) is 19.3 Å². The van der Waals surface area contributed by atoms with E-state index in [1.807, 2.05) is 0 Å². The van der Waals surface area contributed by atoms with Crippen molar-refractivity contribution in [1.82, 2.24) is 0 Å². The molecule has 0 aliphatic heterocycles. The topological polar surface area (TPSA) is 0 Å². The standard InChI is InChI=1S/C11H12.2ClH.Ti/c1-2-9-7-8-10-5-3-4-6-11(9)10;;;/h3-9H,2H2,1H3;2*1H;/q;;;+2/p-2. The molecule has 1 aliphatic carbocycles. The number of hydrogen-bond donors (Lipinski definition) is 0. The van der Waals surface area contributed by atoms with Crippen molar-refractivity contribution >= 4 is 24.7 Å². The van der Waals surface area contributed by atoms with E-state index in [2.05, 4.69) is 43.3 Å². The molecule has 1 aromatic carbocycles. The summed E-state index contributed by atoms with van der Waals surface area (Å²) in [6, 6.07) is 8.63. The van der Waals surface area contributed by atoms with Crippen LogP contribution in [0.4, 0.5) is 0 Å². The molecule has 0 N–H and O–H groups in total. The van der Waals surface area contributed by atoms with E-state index in [1.165, 1.54) is 17.5 Å². The molecule has 1 atom stereocenters. The summed E-state index contributed by atoms with van der Waals surface area (Å²) in [6.45, 7) is 2.23. The molecule has 1 aromatic rings. The summed E-state index contributed by atoms with van der Waals surface area (Å²) < 4.78 is 0. The van der Waals surface area contributed by atoms with Crippen LogP contribution in [0.3, 0.4) is 0 Å². The van der Waals surface area contributed by atoms with Gasteiger partial charge in [-0.2, -0.15) is 0 Å². The van der Waals surface area contributed by atoms with Gasteiger partial charge >= 0.3 is 35.6 Å². The van der Waals surface area contributed by atoms with E-state index < -0.39 is 17.0 Å². The van der Waals surface area contributed by atoms with E-state index in [0.29, 0.717) is 5.92 Å². The summed E-state index contributed by atoms with van der Waals surface area (Å²) in [5.74, 6) is 0.672. The monoisotopic (exact) mass is 262 g/mol. The Labute approximate surface area is 102 Å². The first-order valence-corrected chi connectivity index (χ1v) is 8.86. The van der Waals surface area contributed by atoms with E-state index in [0.717, 1.165) is 0 Å². The zero-order valence-corrected chi connectivity index (χ0v) is 11.1. The summed E-state index contributed by atoms with van der Waals surface area (Å²) in [5, 5.41) is 0. The molecule has 0 amide bonds. The maximum atomic E-state index is 4.89. The van der Waals surface area contributed by atoms with Crippen molar-refractivity contribution in [3.05, 3.63) is 41.5 Å². The van der Waals surface area contributed by atoms with Gasteiger partial charge in [0.2, 0.25) is 0 Å². The Hall–Kier alpha value is 0.254. The molecule has 2 rings (SSSR count). The van der Waals surface area contributed by atoms with Gasteiger partial charge in [0.15, 0.2) is 0 Å². The minimum absolute atomic E-state index is 0.556. The number of allylic oxidation sites excluding steroid dienone is 1. The van der Waals surface area contributed by atoms with Crippen molar-refractivity contribution in [3.8, 4) is 0 Å². The molecule has 0 nitrogen and oxygen atoms in total. The Bertz CT molecular complexity index is 310. The molecule has 0 spiro atoms. The average molecular weight is 263 g/mol. The molecule has 74 valence electrons. The Morgan fingerprint density at radius 1 is 1.29 bits per heavy atom. The van der Waals surface area contributed by atoms with Crippen LogP contribution in [0.25, 0.3) is 6.08 Å². The second kappa shape index (κ2) is 6.69. The fourth-order valence-electron chi connectivity index (χ4n) is 1.68. The molecule has 0 heterocycles. The number of hydrogen-bond acceptors (Lipinski definition) is 0. The average Bonchev–Trinajstić information content (AvgIpc) is 2.62. The third-order valence-corrected chi connectivity index (χ3v) is 2.34. The van der Waals surface area contributed by atoms with Crippen molar-refractivity contribution in [2.75, 3.05) is 0 Å². The van der Waals surface area contributed by atoms with Crippen molar-refractivity contribution in [2.24, 2.45) is 0 Å². The number of rotatable bonds is 1. The summed E-state index contributed by atoms with van der Waals surface area (Å²) >= 11 is -0.556. The fraction of sp³-hybridized carbons (Fsp3) is 0.273. The molecule has 14 heavy (non-hydrogen) atoms. The van der Waals surface area contributed by atoms with Crippen LogP contribution in [0.5, 0.6) is 0 Å². The van der Waals surface area contributed by atoms with Gasteiger partial charge in [-0.25, -0.2) is 0 Å². The van der Waals surface area contributed by atoms with Gasteiger partial charge in [0, 0.05) is 5.92 Å². The molecule has 0 saturated carbocycles.